The van der Waals surface area contributed by atoms with Crippen LogP contribution in [-0.4, -0.2) is 14.4 Å². The standard InChI is InChI=1S/C14H11N3OS/c1-10-3-2-4-11(15-10)5-6-12-9-13(18)17-7-8-19-14(17)16-12/h2-9H,1H3/b6-5+. The molecule has 5 heteroatoms. The van der Waals surface area contributed by atoms with Gasteiger partial charge in [0, 0.05) is 23.3 Å². The molecule has 4 nitrogen and oxygen atoms in total. The van der Waals surface area contributed by atoms with Crippen molar-refractivity contribution in [2.45, 2.75) is 6.92 Å². The van der Waals surface area contributed by atoms with E-state index >= 15 is 0 Å². The molecule has 0 unspecified atom stereocenters. The molecule has 0 spiro atoms. The van der Waals surface area contributed by atoms with Crippen molar-refractivity contribution in [3.63, 3.8) is 0 Å². The van der Waals surface area contributed by atoms with E-state index in [2.05, 4.69) is 9.97 Å². The lowest BCUT2D eigenvalue weighted by molar-refractivity contribution is 1.07. The highest BCUT2D eigenvalue weighted by Crippen LogP contribution is 2.09. The van der Waals surface area contributed by atoms with E-state index in [0.29, 0.717) is 10.7 Å². The molecule has 0 amide bonds. The van der Waals surface area contributed by atoms with Crippen molar-refractivity contribution in [1.29, 1.82) is 0 Å². The fourth-order valence-corrected chi connectivity index (χ4v) is 2.50. The maximum Gasteiger partial charge on any atom is 0.259 e. The van der Waals surface area contributed by atoms with E-state index in [-0.39, 0.29) is 5.56 Å². The van der Waals surface area contributed by atoms with Gasteiger partial charge in [-0.3, -0.25) is 14.2 Å². The maximum atomic E-state index is 11.8. The summed E-state index contributed by atoms with van der Waals surface area (Å²) < 4.78 is 1.53. The Morgan fingerprint density at radius 1 is 1.21 bits per heavy atom. The molecule has 3 heterocycles. The third kappa shape index (κ3) is 2.46. The van der Waals surface area contributed by atoms with Crippen molar-refractivity contribution < 1.29 is 0 Å². The van der Waals surface area contributed by atoms with Crippen molar-refractivity contribution in [2.24, 2.45) is 0 Å². The van der Waals surface area contributed by atoms with Crippen LogP contribution < -0.4 is 5.56 Å². The Morgan fingerprint density at radius 2 is 2.05 bits per heavy atom. The molecule has 0 aliphatic rings. The Kier molecular flexibility index (Phi) is 2.97. The summed E-state index contributed by atoms with van der Waals surface area (Å²) in [6.07, 6.45) is 5.40. The van der Waals surface area contributed by atoms with Gasteiger partial charge in [0.05, 0.1) is 11.4 Å². The van der Waals surface area contributed by atoms with Crippen molar-refractivity contribution in [3.8, 4) is 0 Å². The molecule has 0 fully saturated rings. The van der Waals surface area contributed by atoms with Crippen LogP contribution in [0.4, 0.5) is 0 Å². The van der Waals surface area contributed by atoms with E-state index in [1.54, 1.807) is 6.20 Å². The lowest BCUT2D eigenvalue weighted by atomic mass is 10.2. The molecular formula is C14H11N3OS. The van der Waals surface area contributed by atoms with Crippen LogP contribution in [0.15, 0.2) is 40.6 Å². The van der Waals surface area contributed by atoms with Crippen LogP contribution in [0.25, 0.3) is 17.1 Å². The topological polar surface area (TPSA) is 47.3 Å². The summed E-state index contributed by atoms with van der Waals surface area (Å²) in [5.74, 6) is 0. The summed E-state index contributed by atoms with van der Waals surface area (Å²) in [6, 6.07) is 7.33. The number of hydrogen-bond acceptors (Lipinski definition) is 4. The summed E-state index contributed by atoms with van der Waals surface area (Å²) >= 11 is 1.44. The lowest BCUT2D eigenvalue weighted by Crippen LogP contribution is -2.11. The average molecular weight is 269 g/mol. The third-order valence-electron chi connectivity index (χ3n) is 2.66. The van der Waals surface area contributed by atoms with Gasteiger partial charge in [-0.2, -0.15) is 0 Å². The monoisotopic (exact) mass is 269 g/mol. The number of aryl methyl sites for hydroxylation is 1. The number of hydrogen-bond donors (Lipinski definition) is 0. The largest absolute Gasteiger partial charge is 0.269 e. The molecule has 3 aromatic heterocycles. The van der Waals surface area contributed by atoms with Gasteiger partial charge in [0.2, 0.25) is 0 Å². The molecule has 0 radical (unpaired) electrons. The van der Waals surface area contributed by atoms with Crippen molar-refractivity contribution in [3.05, 3.63) is 63.3 Å². The summed E-state index contributed by atoms with van der Waals surface area (Å²) in [5.41, 5.74) is 2.40. The Morgan fingerprint density at radius 3 is 2.89 bits per heavy atom. The number of fused-ring (bicyclic) bond motifs is 1. The zero-order valence-corrected chi connectivity index (χ0v) is 11.1. The normalized spacial score (nSPS) is 11.4. The van der Waals surface area contributed by atoms with Crippen molar-refractivity contribution in [1.82, 2.24) is 14.4 Å². The summed E-state index contributed by atoms with van der Waals surface area (Å²) in [7, 11) is 0. The van der Waals surface area contributed by atoms with E-state index in [0.717, 1.165) is 11.4 Å². The minimum atomic E-state index is -0.0666. The van der Waals surface area contributed by atoms with E-state index in [1.807, 2.05) is 42.7 Å². The number of nitrogens with zero attached hydrogens (tertiary/aromatic N) is 3. The van der Waals surface area contributed by atoms with Gasteiger partial charge in [-0.15, -0.1) is 11.3 Å². The Bertz CT molecular complexity index is 817. The Balaban J connectivity index is 1.99. The Labute approximate surface area is 113 Å². The molecule has 0 saturated heterocycles. The van der Waals surface area contributed by atoms with Gasteiger partial charge < -0.3 is 0 Å². The second-order valence-corrected chi connectivity index (χ2v) is 4.99. The van der Waals surface area contributed by atoms with Gasteiger partial charge >= 0.3 is 0 Å². The average Bonchev–Trinajstić information content (AvgIpc) is 2.85. The predicted octanol–water partition coefficient (Wildman–Crippen LogP) is 2.63. The summed E-state index contributed by atoms with van der Waals surface area (Å²) in [6.45, 7) is 1.94. The Hall–Kier alpha value is -2.27. The molecule has 0 aliphatic heterocycles. The first kappa shape index (κ1) is 11.8. The predicted molar refractivity (Wildman–Crippen MR) is 77.2 cm³/mol. The lowest BCUT2D eigenvalue weighted by Gasteiger charge is -1.96. The fraction of sp³-hybridized carbons (Fsp3) is 0.0714. The van der Waals surface area contributed by atoms with Gasteiger partial charge in [-0.05, 0) is 31.2 Å². The summed E-state index contributed by atoms with van der Waals surface area (Å²) in [4.78, 5) is 21.3. The molecule has 0 aliphatic carbocycles. The number of pyridine rings is 1. The zero-order valence-electron chi connectivity index (χ0n) is 10.3. The van der Waals surface area contributed by atoms with Crippen molar-refractivity contribution in [2.75, 3.05) is 0 Å². The van der Waals surface area contributed by atoms with Gasteiger partial charge in [-0.1, -0.05) is 6.07 Å². The molecule has 3 aromatic rings. The molecule has 0 saturated carbocycles. The second kappa shape index (κ2) is 4.78. The SMILES string of the molecule is Cc1cccc(/C=C/c2cc(=O)n3ccsc3n2)n1. The minimum Gasteiger partial charge on any atom is -0.269 e. The van der Waals surface area contributed by atoms with Crippen LogP contribution in [0.1, 0.15) is 17.1 Å². The smallest absolute Gasteiger partial charge is 0.259 e. The number of aromatic nitrogens is 3. The van der Waals surface area contributed by atoms with Crippen LogP contribution in [0.2, 0.25) is 0 Å². The molecule has 0 atom stereocenters. The van der Waals surface area contributed by atoms with Gasteiger partial charge in [0.15, 0.2) is 4.96 Å². The summed E-state index contributed by atoms with van der Waals surface area (Å²) in [5, 5.41) is 1.85. The van der Waals surface area contributed by atoms with Gasteiger partial charge in [0.1, 0.15) is 0 Å². The van der Waals surface area contributed by atoms with Crippen LogP contribution in [0.5, 0.6) is 0 Å². The van der Waals surface area contributed by atoms with E-state index in [1.165, 1.54) is 21.8 Å². The van der Waals surface area contributed by atoms with Crippen LogP contribution in [0, 0.1) is 6.92 Å². The first-order chi connectivity index (χ1) is 9.22. The van der Waals surface area contributed by atoms with Crippen LogP contribution in [0.3, 0.4) is 0 Å². The molecule has 0 N–H and O–H groups in total. The quantitative estimate of drug-likeness (QED) is 0.718. The second-order valence-electron chi connectivity index (χ2n) is 4.11. The fourth-order valence-electron chi connectivity index (χ4n) is 1.77. The minimum absolute atomic E-state index is 0.0666. The maximum absolute atomic E-state index is 11.8. The molecule has 0 aromatic carbocycles. The van der Waals surface area contributed by atoms with Crippen LogP contribution in [-0.2, 0) is 0 Å². The zero-order chi connectivity index (χ0) is 13.2. The first-order valence-electron chi connectivity index (χ1n) is 5.81. The van der Waals surface area contributed by atoms with E-state index in [4.69, 9.17) is 0 Å². The first-order valence-corrected chi connectivity index (χ1v) is 6.69. The molecule has 0 bridgehead atoms. The molecule has 94 valence electrons. The highest BCUT2D eigenvalue weighted by atomic mass is 32.1. The van der Waals surface area contributed by atoms with Gasteiger partial charge in [-0.25, -0.2) is 4.98 Å². The molecular weight excluding hydrogens is 258 g/mol. The number of rotatable bonds is 2. The molecule has 3 rings (SSSR count). The van der Waals surface area contributed by atoms with Crippen LogP contribution >= 0.6 is 11.3 Å². The highest BCUT2D eigenvalue weighted by Gasteiger charge is 2.00. The number of thiazole rings is 1. The van der Waals surface area contributed by atoms with Gasteiger partial charge in [0.25, 0.3) is 5.56 Å². The highest BCUT2D eigenvalue weighted by molar-refractivity contribution is 7.15. The van der Waals surface area contributed by atoms with E-state index < -0.39 is 0 Å². The molecule has 19 heavy (non-hydrogen) atoms. The third-order valence-corrected chi connectivity index (χ3v) is 3.41. The van der Waals surface area contributed by atoms with Crippen molar-refractivity contribution >= 4 is 28.4 Å². The van der Waals surface area contributed by atoms with E-state index in [9.17, 15) is 4.79 Å².